The maximum Gasteiger partial charge on any atom is 0.410 e. The number of urea groups is 1. The van der Waals surface area contributed by atoms with E-state index >= 15 is 0 Å². The summed E-state index contributed by atoms with van der Waals surface area (Å²) in [5, 5.41) is 0.482. The largest absolute Gasteiger partial charge is 0.455 e. The zero-order valence-electron chi connectivity index (χ0n) is 22.4. The maximum atomic E-state index is 13.8. The molecule has 3 amide bonds. The first-order chi connectivity index (χ1) is 17.1. The number of hydrogen-bond acceptors (Lipinski definition) is 6. The van der Waals surface area contributed by atoms with Crippen molar-refractivity contribution >= 4 is 35.4 Å². The number of aromatic nitrogens is 2. The van der Waals surface area contributed by atoms with Crippen LogP contribution < -0.4 is 4.90 Å². The molecule has 0 aliphatic carbocycles. The minimum atomic E-state index is -0.687. The molecular weight excluding hydrogens is 498 g/mol. The van der Waals surface area contributed by atoms with Crippen LogP contribution in [-0.4, -0.2) is 74.3 Å². The zero-order chi connectivity index (χ0) is 27.3. The predicted molar refractivity (Wildman–Crippen MR) is 139 cm³/mol. The topological polar surface area (TPSA) is 97.2 Å². The van der Waals surface area contributed by atoms with E-state index in [4.69, 9.17) is 21.1 Å². The van der Waals surface area contributed by atoms with E-state index in [1.807, 2.05) is 27.7 Å². The molecule has 1 aromatic heterocycles. The SMILES string of the molecule is C[C@@H]1CN(C(=O)N2Cc3c(C(=O)OC(C)(C)C)ncn3-c3ccc(Cl)cc32)CCN1C(=O)OC(C)(C)C. The molecule has 11 heteroatoms. The number of imidazole rings is 1. The van der Waals surface area contributed by atoms with Gasteiger partial charge in [0.1, 0.15) is 17.5 Å². The number of benzene rings is 1. The van der Waals surface area contributed by atoms with Crippen LogP contribution in [0.25, 0.3) is 5.69 Å². The summed E-state index contributed by atoms with van der Waals surface area (Å²) in [5.41, 5.74) is 0.721. The van der Waals surface area contributed by atoms with E-state index < -0.39 is 23.3 Å². The summed E-state index contributed by atoms with van der Waals surface area (Å²) in [4.78, 5) is 48.7. The van der Waals surface area contributed by atoms with Gasteiger partial charge in [-0.05, 0) is 66.7 Å². The summed E-state index contributed by atoms with van der Waals surface area (Å²) < 4.78 is 12.9. The van der Waals surface area contributed by atoms with Gasteiger partial charge in [-0.25, -0.2) is 19.4 Å². The van der Waals surface area contributed by atoms with Crippen LogP contribution in [0.4, 0.5) is 15.3 Å². The molecular formula is C26H34ClN5O5. The summed E-state index contributed by atoms with van der Waals surface area (Å²) in [6.07, 6.45) is 1.17. The van der Waals surface area contributed by atoms with Crippen molar-refractivity contribution in [2.24, 2.45) is 0 Å². The Balaban J connectivity index is 1.60. The molecule has 1 saturated heterocycles. The molecule has 0 spiro atoms. The predicted octanol–water partition coefficient (Wildman–Crippen LogP) is 4.86. The van der Waals surface area contributed by atoms with Gasteiger partial charge in [0.25, 0.3) is 0 Å². The average Bonchev–Trinajstić information content (AvgIpc) is 3.19. The fourth-order valence-corrected chi connectivity index (χ4v) is 4.61. The number of carbonyl (C=O) groups excluding carboxylic acids is 3. The van der Waals surface area contributed by atoms with Crippen molar-refractivity contribution in [2.75, 3.05) is 24.5 Å². The van der Waals surface area contributed by atoms with Gasteiger partial charge in [0, 0.05) is 30.7 Å². The van der Waals surface area contributed by atoms with Gasteiger partial charge in [0.2, 0.25) is 0 Å². The molecule has 2 aliphatic rings. The van der Waals surface area contributed by atoms with Crippen LogP contribution in [0.5, 0.6) is 0 Å². The Morgan fingerprint density at radius 2 is 1.68 bits per heavy atom. The van der Waals surface area contributed by atoms with Gasteiger partial charge in [-0.15, -0.1) is 0 Å². The van der Waals surface area contributed by atoms with Crippen LogP contribution in [-0.2, 0) is 16.0 Å². The monoisotopic (exact) mass is 531 g/mol. The first kappa shape index (κ1) is 26.8. The normalized spacial score (nSPS) is 17.7. The zero-order valence-corrected chi connectivity index (χ0v) is 23.1. The number of anilines is 1. The van der Waals surface area contributed by atoms with Gasteiger partial charge in [-0.3, -0.25) is 9.47 Å². The van der Waals surface area contributed by atoms with Crippen molar-refractivity contribution in [3.63, 3.8) is 0 Å². The van der Waals surface area contributed by atoms with E-state index in [2.05, 4.69) is 4.98 Å². The highest BCUT2D eigenvalue weighted by Gasteiger charge is 2.38. The summed E-state index contributed by atoms with van der Waals surface area (Å²) in [7, 11) is 0. The maximum absolute atomic E-state index is 13.8. The third-order valence-electron chi connectivity index (χ3n) is 6.01. The lowest BCUT2D eigenvalue weighted by Gasteiger charge is -2.42. The van der Waals surface area contributed by atoms with E-state index in [-0.39, 0.29) is 24.3 Å². The highest BCUT2D eigenvalue weighted by atomic mass is 35.5. The molecule has 0 saturated carbocycles. The highest BCUT2D eigenvalue weighted by molar-refractivity contribution is 6.31. The number of ether oxygens (including phenoxy) is 2. The summed E-state index contributed by atoms with van der Waals surface area (Å²) >= 11 is 6.31. The number of fused-ring (bicyclic) bond motifs is 3. The van der Waals surface area contributed by atoms with E-state index in [0.717, 1.165) is 0 Å². The first-order valence-electron chi connectivity index (χ1n) is 12.3. The lowest BCUT2D eigenvalue weighted by molar-refractivity contribution is 0.00506. The molecule has 1 fully saturated rings. The number of hydrogen-bond donors (Lipinski definition) is 0. The molecule has 200 valence electrons. The Morgan fingerprint density at radius 3 is 2.30 bits per heavy atom. The molecule has 2 aliphatic heterocycles. The summed E-state index contributed by atoms with van der Waals surface area (Å²) in [6, 6.07) is 4.77. The molecule has 10 nitrogen and oxygen atoms in total. The van der Waals surface area contributed by atoms with Crippen molar-refractivity contribution < 1.29 is 23.9 Å². The van der Waals surface area contributed by atoms with Crippen molar-refractivity contribution in [3.05, 3.63) is 40.9 Å². The third-order valence-corrected chi connectivity index (χ3v) is 6.25. The first-order valence-corrected chi connectivity index (χ1v) is 12.7. The molecule has 1 atom stereocenters. The summed E-state index contributed by atoms with van der Waals surface area (Å²) in [5.74, 6) is -0.550. The lowest BCUT2D eigenvalue weighted by Crippen LogP contribution is -2.58. The van der Waals surface area contributed by atoms with Crippen LogP contribution in [0, 0.1) is 0 Å². The minimum Gasteiger partial charge on any atom is -0.455 e. The van der Waals surface area contributed by atoms with Crippen LogP contribution >= 0.6 is 11.6 Å². The molecule has 37 heavy (non-hydrogen) atoms. The Labute approximate surface area is 222 Å². The summed E-state index contributed by atoms with van der Waals surface area (Å²) in [6.45, 7) is 13.9. The van der Waals surface area contributed by atoms with Crippen LogP contribution in [0.15, 0.2) is 24.5 Å². The Kier molecular flexibility index (Phi) is 6.92. The number of carbonyl (C=O) groups is 3. The van der Waals surface area contributed by atoms with Crippen LogP contribution in [0.2, 0.25) is 5.02 Å². The Bertz CT molecular complexity index is 1230. The smallest absolute Gasteiger partial charge is 0.410 e. The highest BCUT2D eigenvalue weighted by Crippen LogP contribution is 2.36. The Morgan fingerprint density at radius 1 is 1.00 bits per heavy atom. The number of esters is 1. The van der Waals surface area contributed by atoms with Gasteiger partial charge in [-0.1, -0.05) is 11.6 Å². The molecule has 0 N–H and O–H groups in total. The van der Waals surface area contributed by atoms with E-state index in [1.54, 1.807) is 64.6 Å². The fraction of sp³-hybridized carbons (Fsp3) is 0.538. The fourth-order valence-electron chi connectivity index (χ4n) is 4.45. The molecule has 0 radical (unpaired) electrons. The van der Waals surface area contributed by atoms with Crippen molar-refractivity contribution in [1.82, 2.24) is 19.4 Å². The standard InChI is InChI=1S/C26H34ClN5O5/c1-16-13-29(10-11-30(16)24(35)37-26(5,6)7)23(34)31-14-20-21(22(33)36-25(2,3)4)28-15-32(20)18-9-8-17(27)12-19(18)31/h8-9,12,15-16H,10-11,13-14H2,1-7H3/t16-/m1/s1. The average molecular weight is 532 g/mol. The van der Waals surface area contributed by atoms with Gasteiger partial charge in [-0.2, -0.15) is 0 Å². The minimum absolute atomic E-state index is 0.113. The molecule has 3 heterocycles. The molecule has 2 aromatic rings. The van der Waals surface area contributed by atoms with Gasteiger partial charge in [0.05, 0.1) is 23.6 Å². The third kappa shape index (κ3) is 5.69. The van der Waals surface area contributed by atoms with E-state index in [1.165, 1.54) is 0 Å². The molecule has 4 rings (SSSR count). The molecule has 0 bridgehead atoms. The van der Waals surface area contributed by atoms with Crippen molar-refractivity contribution in [3.8, 4) is 5.69 Å². The van der Waals surface area contributed by atoms with Crippen molar-refractivity contribution in [2.45, 2.75) is 72.3 Å². The molecule has 1 aromatic carbocycles. The number of amides is 3. The van der Waals surface area contributed by atoms with Gasteiger partial charge in [0.15, 0.2) is 5.69 Å². The van der Waals surface area contributed by atoms with E-state index in [9.17, 15) is 14.4 Å². The van der Waals surface area contributed by atoms with Gasteiger partial charge < -0.3 is 19.3 Å². The van der Waals surface area contributed by atoms with Crippen LogP contribution in [0.1, 0.15) is 64.6 Å². The number of rotatable bonds is 1. The molecule has 0 unspecified atom stereocenters. The number of halogens is 1. The number of piperazine rings is 1. The second-order valence-electron chi connectivity index (χ2n) is 11.4. The van der Waals surface area contributed by atoms with Crippen LogP contribution in [0.3, 0.4) is 0 Å². The second kappa shape index (κ2) is 9.55. The number of nitrogens with zero attached hydrogens (tertiary/aromatic N) is 5. The van der Waals surface area contributed by atoms with Crippen molar-refractivity contribution in [1.29, 1.82) is 0 Å². The lowest BCUT2D eigenvalue weighted by atomic mass is 10.1. The van der Waals surface area contributed by atoms with Gasteiger partial charge >= 0.3 is 18.1 Å². The second-order valence-corrected chi connectivity index (χ2v) is 11.8. The van der Waals surface area contributed by atoms with E-state index in [0.29, 0.717) is 41.7 Å². The quantitative estimate of drug-likeness (QED) is 0.487. The Hall–Kier alpha value is -3.27.